The zero-order valence-corrected chi connectivity index (χ0v) is 15.4. The Bertz CT molecular complexity index is 727. The molecule has 5 heteroatoms. The minimum Gasteiger partial charge on any atom is -0.493 e. The van der Waals surface area contributed by atoms with Crippen molar-refractivity contribution in [1.82, 2.24) is 4.90 Å². The van der Waals surface area contributed by atoms with Gasteiger partial charge in [-0.2, -0.15) is 0 Å². The molecule has 5 nitrogen and oxygen atoms in total. The van der Waals surface area contributed by atoms with E-state index in [1.54, 1.807) is 14.2 Å². The maximum atomic E-state index is 13.2. The predicted molar refractivity (Wildman–Crippen MR) is 103 cm³/mol. The maximum absolute atomic E-state index is 13.2. The van der Waals surface area contributed by atoms with Crippen LogP contribution in [0.5, 0.6) is 11.5 Å². The van der Waals surface area contributed by atoms with Gasteiger partial charge in [-0.25, -0.2) is 0 Å². The van der Waals surface area contributed by atoms with E-state index >= 15 is 0 Å². The number of nitrogens with zero attached hydrogens (tertiary/aromatic N) is 1. The molecular weight excluding hydrogens is 328 g/mol. The van der Waals surface area contributed by atoms with Crippen LogP contribution < -0.4 is 14.8 Å². The Kier molecular flexibility index (Phi) is 6.00. The fourth-order valence-corrected chi connectivity index (χ4v) is 3.32. The summed E-state index contributed by atoms with van der Waals surface area (Å²) < 4.78 is 10.7. The van der Waals surface area contributed by atoms with Gasteiger partial charge in [0.15, 0.2) is 11.5 Å². The Morgan fingerprint density at radius 1 is 0.962 bits per heavy atom. The van der Waals surface area contributed by atoms with Gasteiger partial charge in [0.05, 0.1) is 14.2 Å². The SMILES string of the molecule is COc1ccc(NC(C(=O)N2CCCCC2)c2ccccc2)cc1OC. The van der Waals surface area contributed by atoms with Crippen LogP contribution in [0.15, 0.2) is 48.5 Å². The van der Waals surface area contributed by atoms with Gasteiger partial charge in [-0.3, -0.25) is 4.79 Å². The van der Waals surface area contributed by atoms with Crippen molar-refractivity contribution < 1.29 is 14.3 Å². The predicted octanol–water partition coefficient (Wildman–Crippen LogP) is 3.87. The third-order valence-electron chi connectivity index (χ3n) is 4.74. The highest BCUT2D eigenvalue weighted by Crippen LogP contribution is 2.32. The quantitative estimate of drug-likeness (QED) is 0.856. The molecule has 1 aliphatic heterocycles. The number of benzene rings is 2. The summed E-state index contributed by atoms with van der Waals surface area (Å²) in [5.41, 5.74) is 1.78. The summed E-state index contributed by atoms with van der Waals surface area (Å²) in [5, 5.41) is 3.39. The van der Waals surface area contributed by atoms with E-state index in [0.29, 0.717) is 11.5 Å². The fraction of sp³-hybridized carbons (Fsp3) is 0.381. The van der Waals surface area contributed by atoms with Crippen molar-refractivity contribution in [2.45, 2.75) is 25.3 Å². The summed E-state index contributed by atoms with van der Waals surface area (Å²) in [7, 11) is 3.22. The Morgan fingerprint density at radius 3 is 2.31 bits per heavy atom. The molecule has 1 heterocycles. The number of piperidine rings is 1. The lowest BCUT2D eigenvalue weighted by Gasteiger charge is -2.31. The van der Waals surface area contributed by atoms with E-state index in [1.165, 1.54) is 6.42 Å². The third-order valence-corrected chi connectivity index (χ3v) is 4.74. The lowest BCUT2D eigenvalue weighted by atomic mass is 10.0. The number of carbonyl (C=O) groups is 1. The molecular formula is C21H26N2O3. The molecule has 1 amide bonds. The second-order valence-electron chi connectivity index (χ2n) is 6.44. The number of amides is 1. The summed E-state index contributed by atoms with van der Waals surface area (Å²) in [6.45, 7) is 1.66. The Hall–Kier alpha value is -2.69. The summed E-state index contributed by atoms with van der Waals surface area (Å²) >= 11 is 0. The molecule has 0 saturated carbocycles. The topological polar surface area (TPSA) is 50.8 Å². The first-order valence-corrected chi connectivity index (χ1v) is 9.05. The number of ether oxygens (including phenoxy) is 2. The first kappa shape index (κ1) is 18.1. The van der Waals surface area contributed by atoms with Crippen LogP contribution >= 0.6 is 0 Å². The number of anilines is 1. The van der Waals surface area contributed by atoms with Gasteiger partial charge in [0.25, 0.3) is 0 Å². The molecule has 1 fully saturated rings. The Balaban J connectivity index is 1.87. The largest absolute Gasteiger partial charge is 0.493 e. The van der Waals surface area contributed by atoms with Crippen molar-refractivity contribution in [3.8, 4) is 11.5 Å². The normalized spacial score (nSPS) is 15.2. The molecule has 1 N–H and O–H groups in total. The number of nitrogens with one attached hydrogen (secondary N) is 1. The molecule has 1 aliphatic rings. The van der Waals surface area contributed by atoms with E-state index in [4.69, 9.17) is 9.47 Å². The van der Waals surface area contributed by atoms with Crippen LogP contribution in [0.25, 0.3) is 0 Å². The summed E-state index contributed by atoms with van der Waals surface area (Å²) in [6.07, 6.45) is 3.34. The summed E-state index contributed by atoms with van der Waals surface area (Å²) in [6, 6.07) is 15.0. The molecule has 1 atom stereocenters. The first-order valence-electron chi connectivity index (χ1n) is 9.05. The van der Waals surface area contributed by atoms with Crippen molar-refractivity contribution in [2.75, 3.05) is 32.6 Å². The van der Waals surface area contributed by atoms with Gasteiger partial charge in [-0.15, -0.1) is 0 Å². The number of hydrogen-bond acceptors (Lipinski definition) is 4. The molecule has 0 radical (unpaired) electrons. The van der Waals surface area contributed by atoms with Crippen molar-refractivity contribution in [1.29, 1.82) is 0 Å². The van der Waals surface area contributed by atoms with Gasteiger partial charge in [0.1, 0.15) is 6.04 Å². The average Bonchev–Trinajstić information content (AvgIpc) is 2.72. The van der Waals surface area contributed by atoms with Crippen molar-refractivity contribution in [2.24, 2.45) is 0 Å². The van der Waals surface area contributed by atoms with E-state index in [0.717, 1.165) is 37.2 Å². The molecule has 0 spiro atoms. The van der Waals surface area contributed by atoms with Gasteiger partial charge in [0.2, 0.25) is 5.91 Å². The van der Waals surface area contributed by atoms with Gasteiger partial charge < -0.3 is 19.7 Å². The number of methoxy groups -OCH3 is 2. The minimum absolute atomic E-state index is 0.116. The van der Waals surface area contributed by atoms with Crippen LogP contribution in [0, 0.1) is 0 Å². The molecule has 138 valence electrons. The molecule has 26 heavy (non-hydrogen) atoms. The first-order chi connectivity index (χ1) is 12.7. The fourth-order valence-electron chi connectivity index (χ4n) is 3.32. The standard InChI is InChI=1S/C21H26N2O3/c1-25-18-12-11-17(15-19(18)26-2)22-20(16-9-5-3-6-10-16)21(24)23-13-7-4-8-14-23/h3,5-6,9-12,15,20,22H,4,7-8,13-14H2,1-2H3. The Labute approximate surface area is 154 Å². The van der Waals surface area contributed by atoms with Gasteiger partial charge in [-0.05, 0) is 37.0 Å². The van der Waals surface area contributed by atoms with E-state index in [1.807, 2.05) is 53.4 Å². The van der Waals surface area contributed by atoms with Crippen LogP contribution in [0.4, 0.5) is 5.69 Å². The lowest BCUT2D eigenvalue weighted by molar-refractivity contribution is -0.133. The zero-order valence-electron chi connectivity index (χ0n) is 15.4. The van der Waals surface area contributed by atoms with Crippen LogP contribution in [-0.4, -0.2) is 38.1 Å². The Morgan fingerprint density at radius 2 is 1.65 bits per heavy atom. The monoisotopic (exact) mass is 354 g/mol. The number of hydrogen-bond donors (Lipinski definition) is 1. The molecule has 0 aliphatic carbocycles. The number of carbonyl (C=O) groups excluding carboxylic acids is 1. The van der Waals surface area contributed by atoms with Gasteiger partial charge >= 0.3 is 0 Å². The highest BCUT2D eigenvalue weighted by atomic mass is 16.5. The lowest BCUT2D eigenvalue weighted by Crippen LogP contribution is -2.41. The average molecular weight is 354 g/mol. The second-order valence-corrected chi connectivity index (χ2v) is 6.44. The highest BCUT2D eigenvalue weighted by Gasteiger charge is 2.27. The highest BCUT2D eigenvalue weighted by molar-refractivity contribution is 5.86. The molecule has 0 aromatic heterocycles. The third kappa shape index (κ3) is 4.10. The van der Waals surface area contributed by atoms with E-state index in [-0.39, 0.29) is 5.91 Å². The van der Waals surface area contributed by atoms with Crippen LogP contribution in [-0.2, 0) is 4.79 Å². The van der Waals surface area contributed by atoms with Gasteiger partial charge in [0, 0.05) is 24.8 Å². The second kappa shape index (κ2) is 8.61. The van der Waals surface area contributed by atoms with Gasteiger partial charge in [-0.1, -0.05) is 30.3 Å². The van der Waals surface area contributed by atoms with Crippen LogP contribution in [0.3, 0.4) is 0 Å². The molecule has 1 unspecified atom stereocenters. The molecule has 1 saturated heterocycles. The van der Waals surface area contributed by atoms with E-state index in [9.17, 15) is 4.79 Å². The smallest absolute Gasteiger partial charge is 0.249 e. The van der Waals surface area contributed by atoms with Crippen molar-refractivity contribution >= 4 is 11.6 Å². The summed E-state index contributed by atoms with van der Waals surface area (Å²) in [5.74, 6) is 1.41. The van der Waals surface area contributed by atoms with Crippen molar-refractivity contribution in [3.05, 3.63) is 54.1 Å². The van der Waals surface area contributed by atoms with Crippen molar-refractivity contribution in [3.63, 3.8) is 0 Å². The molecule has 3 rings (SSSR count). The van der Waals surface area contributed by atoms with E-state index in [2.05, 4.69) is 5.32 Å². The molecule has 0 bridgehead atoms. The molecule has 2 aromatic rings. The summed E-state index contributed by atoms with van der Waals surface area (Å²) in [4.78, 5) is 15.2. The van der Waals surface area contributed by atoms with E-state index < -0.39 is 6.04 Å². The van der Waals surface area contributed by atoms with Crippen LogP contribution in [0.1, 0.15) is 30.9 Å². The zero-order chi connectivity index (χ0) is 18.4. The maximum Gasteiger partial charge on any atom is 0.249 e. The van der Waals surface area contributed by atoms with Crippen LogP contribution in [0.2, 0.25) is 0 Å². The molecule has 2 aromatic carbocycles. The number of rotatable bonds is 6. The minimum atomic E-state index is -0.424. The number of likely N-dealkylation sites (tertiary alicyclic amines) is 1.